The molecular formula is C42H28N4S. The van der Waals surface area contributed by atoms with Crippen LogP contribution in [-0.4, -0.2) is 9.13 Å². The first-order valence-electron chi connectivity index (χ1n) is 15.9. The Kier molecular flexibility index (Phi) is 5.77. The molecule has 0 saturated carbocycles. The molecule has 0 spiro atoms. The molecule has 3 heterocycles. The summed E-state index contributed by atoms with van der Waals surface area (Å²) in [5.74, 6) is 0. The zero-order valence-corrected chi connectivity index (χ0v) is 26.1. The van der Waals surface area contributed by atoms with Crippen molar-refractivity contribution in [1.29, 1.82) is 0 Å². The molecule has 222 valence electrons. The smallest absolute Gasteiger partial charge is 0.0783 e. The number of nitrogens with zero attached hydrogens (tertiary/aromatic N) is 2. The standard InChI is InChI=1S/C42H28N4S/c1-5-13-37-33(9-1)34-10-2-6-14-38(34)45(37)29-21-17-27(18-22-29)31-25-26-32(42-41(31)43-47-44-42)28-19-23-30(24-20-28)46-39-15-7-3-11-35(39)36-12-4-8-16-40(36)46/h1-26,43-44H. The Balaban J connectivity index is 1.02. The van der Waals surface area contributed by atoms with Crippen LogP contribution in [0.1, 0.15) is 0 Å². The number of rotatable bonds is 4. The van der Waals surface area contributed by atoms with E-state index in [1.807, 2.05) is 0 Å². The van der Waals surface area contributed by atoms with Crippen molar-refractivity contribution < 1.29 is 0 Å². The summed E-state index contributed by atoms with van der Waals surface area (Å²) in [5, 5.41) is 5.10. The van der Waals surface area contributed by atoms with Gasteiger partial charge < -0.3 is 18.6 Å². The SMILES string of the molecule is c1ccc2c(c1)c1ccccc1n2-c1ccc(-c2ccc(-c3ccc(-n4c5ccccc5c5ccccc54)cc3)c3c2NSN3)cc1. The van der Waals surface area contributed by atoms with Crippen molar-refractivity contribution >= 4 is 67.1 Å². The Morgan fingerprint density at radius 1 is 0.340 bits per heavy atom. The van der Waals surface area contributed by atoms with Crippen LogP contribution in [0.15, 0.2) is 158 Å². The molecule has 0 atom stereocenters. The molecule has 0 unspecified atom stereocenters. The molecule has 0 radical (unpaired) electrons. The van der Waals surface area contributed by atoms with E-state index in [-0.39, 0.29) is 0 Å². The summed E-state index contributed by atoms with van der Waals surface area (Å²) in [4.78, 5) is 0. The molecule has 4 nitrogen and oxygen atoms in total. The molecule has 0 fully saturated rings. The molecular weight excluding hydrogens is 593 g/mol. The van der Waals surface area contributed by atoms with Gasteiger partial charge in [0.25, 0.3) is 0 Å². The first-order chi connectivity index (χ1) is 23.3. The van der Waals surface area contributed by atoms with Crippen LogP contribution in [0.3, 0.4) is 0 Å². The van der Waals surface area contributed by atoms with E-state index in [4.69, 9.17) is 0 Å². The highest BCUT2D eigenvalue weighted by Crippen LogP contribution is 2.47. The number of para-hydroxylation sites is 4. The Hall–Kier alpha value is -5.91. The zero-order chi connectivity index (χ0) is 30.9. The van der Waals surface area contributed by atoms with Gasteiger partial charge in [0.15, 0.2) is 0 Å². The average molecular weight is 621 g/mol. The van der Waals surface area contributed by atoms with Crippen molar-refractivity contribution in [3.05, 3.63) is 158 Å². The molecule has 2 aromatic heterocycles. The third kappa shape index (κ3) is 3.97. The maximum Gasteiger partial charge on any atom is 0.0783 e. The predicted octanol–water partition coefficient (Wildman–Crippen LogP) is 11.6. The van der Waals surface area contributed by atoms with Gasteiger partial charge in [0.1, 0.15) is 0 Å². The minimum atomic E-state index is 1.11. The zero-order valence-electron chi connectivity index (χ0n) is 25.3. The van der Waals surface area contributed by atoms with Crippen LogP contribution >= 0.6 is 12.1 Å². The Labute approximate surface area is 276 Å². The van der Waals surface area contributed by atoms with E-state index < -0.39 is 0 Å². The minimum absolute atomic E-state index is 1.11. The molecule has 0 saturated heterocycles. The lowest BCUT2D eigenvalue weighted by Crippen LogP contribution is -1.95. The lowest BCUT2D eigenvalue weighted by Gasteiger charge is -2.14. The van der Waals surface area contributed by atoms with Gasteiger partial charge in [-0.3, -0.25) is 0 Å². The van der Waals surface area contributed by atoms with Gasteiger partial charge in [-0.1, -0.05) is 109 Å². The molecule has 10 rings (SSSR count). The Bertz CT molecular complexity index is 2360. The average Bonchev–Trinajstić information content (AvgIpc) is 3.85. The predicted molar refractivity (Wildman–Crippen MR) is 201 cm³/mol. The van der Waals surface area contributed by atoms with Crippen LogP contribution in [0, 0.1) is 0 Å². The topological polar surface area (TPSA) is 33.9 Å². The van der Waals surface area contributed by atoms with Crippen molar-refractivity contribution in [2.75, 3.05) is 9.44 Å². The molecule has 47 heavy (non-hydrogen) atoms. The van der Waals surface area contributed by atoms with Gasteiger partial charge in [-0.2, -0.15) is 0 Å². The normalized spacial score (nSPS) is 12.5. The minimum Gasteiger partial charge on any atom is -0.310 e. The summed E-state index contributed by atoms with van der Waals surface area (Å²) >= 11 is 1.52. The molecule has 1 aliphatic heterocycles. The molecule has 2 N–H and O–H groups in total. The summed E-state index contributed by atoms with van der Waals surface area (Å²) < 4.78 is 11.8. The second kappa shape index (κ2) is 10.3. The van der Waals surface area contributed by atoms with Gasteiger partial charge >= 0.3 is 0 Å². The van der Waals surface area contributed by atoms with Gasteiger partial charge in [-0.25, -0.2) is 0 Å². The Morgan fingerprint density at radius 3 is 1.00 bits per heavy atom. The van der Waals surface area contributed by atoms with E-state index in [9.17, 15) is 0 Å². The van der Waals surface area contributed by atoms with Crippen LogP contribution in [0.5, 0.6) is 0 Å². The lowest BCUT2D eigenvalue weighted by molar-refractivity contribution is 1.18. The van der Waals surface area contributed by atoms with Gasteiger partial charge in [-0.05, 0) is 59.7 Å². The number of aromatic nitrogens is 2. The number of fused-ring (bicyclic) bond motifs is 7. The summed E-state index contributed by atoms with van der Waals surface area (Å²) in [6.45, 7) is 0. The van der Waals surface area contributed by atoms with Crippen LogP contribution < -0.4 is 9.44 Å². The van der Waals surface area contributed by atoms with E-state index in [2.05, 4.69) is 176 Å². The molecule has 1 aliphatic rings. The lowest BCUT2D eigenvalue weighted by atomic mass is 9.96. The van der Waals surface area contributed by atoms with Gasteiger partial charge in [0.2, 0.25) is 0 Å². The van der Waals surface area contributed by atoms with Crippen molar-refractivity contribution in [2.24, 2.45) is 0 Å². The molecule has 5 heteroatoms. The second-order valence-corrected chi connectivity index (χ2v) is 12.7. The van der Waals surface area contributed by atoms with Crippen LogP contribution in [-0.2, 0) is 0 Å². The fraction of sp³-hybridized carbons (Fsp3) is 0. The van der Waals surface area contributed by atoms with Gasteiger partial charge in [-0.15, -0.1) is 0 Å². The van der Waals surface area contributed by atoms with E-state index in [0.29, 0.717) is 0 Å². The van der Waals surface area contributed by atoms with Crippen LogP contribution in [0.25, 0.3) is 77.2 Å². The molecule has 0 bridgehead atoms. The van der Waals surface area contributed by atoms with Crippen molar-refractivity contribution in [3.8, 4) is 33.6 Å². The van der Waals surface area contributed by atoms with Crippen LogP contribution in [0.2, 0.25) is 0 Å². The summed E-state index contributed by atoms with van der Waals surface area (Å²) in [6.07, 6.45) is 0. The highest BCUT2D eigenvalue weighted by Gasteiger charge is 2.21. The number of hydrogen-bond donors (Lipinski definition) is 2. The van der Waals surface area contributed by atoms with E-state index >= 15 is 0 Å². The maximum atomic E-state index is 3.54. The molecule has 0 amide bonds. The highest BCUT2D eigenvalue weighted by molar-refractivity contribution is 8.02. The van der Waals surface area contributed by atoms with Crippen molar-refractivity contribution in [2.45, 2.75) is 0 Å². The van der Waals surface area contributed by atoms with Crippen LogP contribution in [0.4, 0.5) is 11.4 Å². The number of nitrogens with one attached hydrogen (secondary N) is 2. The highest BCUT2D eigenvalue weighted by atomic mass is 32.2. The Morgan fingerprint density at radius 2 is 0.660 bits per heavy atom. The fourth-order valence-corrected chi connectivity index (χ4v) is 8.08. The number of hydrogen-bond acceptors (Lipinski definition) is 3. The van der Waals surface area contributed by atoms with Gasteiger partial charge in [0, 0.05) is 44.0 Å². The summed E-state index contributed by atoms with van der Waals surface area (Å²) in [7, 11) is 0. The summed E-state index contributed by atoms with van der Waals surface area (Å²) in [6, 6.07) is 57.0. The third-order valence-corrected chi connectivity index (χ3v) is 10.2. The molecule has 7 aromatic carbocycles. The quantitative estimate of drug-likeness (QED) is 0.192. The first-order valence-corrected chi connectivity index (χ1v) is 16.7. The van der Waals surface area contributed by atoms with Crippen molar-refractivity contribution in [1.82, 2.24) is 9.13 Å². The number of benzene rings is 7. The third-order valence-electron chi connectivity index (χ3n) is 9.54. The summed E-state index contributed by atoms with van der Waals surface area (Å²) in [5.41, 5.74) is 14.1. The monoisotopic (exact) mass is 620 g/mol. The molecule has 9 aromatic rings. The van der Waals surface area contributed by atoms with E-state index in [1.54, 1.807) is 0 Å². The molecule has 0 aliphatic carbocycles. The fourth-order valence-electron chi connectivity index (χ4n) is 7.40. The van der Waals surface area contributed by atoms with E-state index in [0.717, 1.165) is 22.7 Å². The van der Waals surface area contributed by atoms with Crippen molar-refractivity contribution in [3.63, 3.8) is 0 Å². The van der Waals surface area contributed by atoms with Gasteiger partial charge in [0.05, 0.1) is 45.6 Å². The van der Waals surface area contributed by atoms with E-state index in [1.165, 1.54) is 78.0 Å². The first kappa shape index (κ1) is 26.3. The maximum absolute atomic E-state index is 3.54. The second-order valence-electron chi connectivity index (χ2n) is 12.1. The largest absolute Gasteiger partial charge is 0.310 e. The number of anilines is 2.